The Hall–Kier alpha value is -1.68. The van der Waals surface area contributed by atoms with Gasteiger partial charge < -0.3 is 15.2 Å². The molecule has 0 fully saturated rings. The predicted molar refractivity (Wildman–Crippen MR) is 80.6 cm³/mol. The monoisotopic (exact) mass is 321 g/mol. The summed E-state index contributed by atoms with van der Waals surface area (Å²) >= 11 is 3.51. The van der Waals surface area contributed by atoms with E-state index in [0.29, 0.717) is 6.61 Å². The number of halogens is 1. The topological polar surface area (TPSA) is 44.5 Å². The molecule has 4 heteroatoms. The van der Waals surface area contributed by atoms with Crippen LogP contribution in [0.2, 0.25) is 0 Å². The highest BCUT2D eigenvalue weighted by atomic mass is 79.9. The number of nitrogen functional groups attached to an aromatic ring is 1. The molecule has 0 spiro atoms. The fourth-order valence-corrected chi connectivity index (χ4v) is 2.14. The number of ether oxygens (including phenoxy) is 2. The van der Waals surface area contributed by atoms with Gasteiger partial charge in [-0.1, -0.05) is 15.9 Å². The van der Waals surface area contributed by atoms with Crippen molar-refractivity contribution in [3.63, 3.8) is 0 Å². The summed E-state index contributed by atoms with van der Waals surface area (Å²) in [5, 5.41) is 0. The molecule has 3 nitrogen and oxygen atoms in total. The van der Waals surface area contributed by atoms with Crippen molar-refractivity contribution in [3.05, 3.63) is 52.0 Å². The molecule has 0 heterocycles. The van der Waals surface area contributed by atoms with Gasteiger partial charge in [0, 0.05) is 15.7 Å². The van der Waals surface area contributed by atoms with Gasteiger partial charge in [-0.2, -0.15) is 0 Å². The number of anilines is 1. The van der Waals surface area contributed by atoms with Gasteiger partial charge in [0.25, 0.3) is 0 Å². The van der Waals surface area contributed by atoms with Crippen LogP contribution in [0.4, 0.5) is 5.69 Å². The van der Waals surface area contributed by atoms with Crippen LogP contribution >= 0.6 is 15.9 Å². The van der Waals surface area contributed by atoms with Gasteiger partial charge in [-0.3, -0.25) is 0 Å². The second kappa shape index (κ2) is 5.97. The average Bonchev–Trinajstić information content (AvgIpc) is 2.39. The SMILES string of the molecule is COc1ccc(Br)c(COc2ccc(N)cc2C)c1. The Bertz CT molecular complexity index is 584. The maximum atomic E-state index is 5.82. The average molecular weight is 322 g/mol. The molecule has 100 valence electrons. The van der Waals surface area contributed by atoms with E-state index in [9.17, 15) is 0 Å². The predicted octanol–water partition coefficient (Wildman–Crippen LogP) is 3.93. The summed E-state index contributed by atoms with van der Waals surface area (Å²) in [5.41, 5.74) is 8.52. The maximum absolute atomic E-state index is 5.82. The molecule has 0 atom stereocenters. The van der Waals surface area contributed by atoms with E-state index in [-0.39, 0.29) is 0 Å². The minimum absolute atomic E-state index is 0.475. The van der Waals surface area contributed by atoms with Crippen molar-refractivity contribution in [1.29, 1.82) is 0 Å². The van der Waals surface area contributed by atoms with E-state index in [1.54, 1.807) is 7.11 Å². The lowest BCUT2D eigenvalue weighted by Gasteiger charge is -2.11. The Balaban J connectivity index is 2.14. The summed E-state index contributed by atoms with van der Waals surface area (Å²) < 4.78 is 12.0. The molecule has 0 bridgehead atoms. The highest BCUT2D eigenvalue weighted by Gasteiger charge is 2.05. The van der Waals surface area contributed by atoms with Crippen molar-refractivity contribution >= 4 is 21.6 Å². The number of rotatable bonds is 4. The van der Waals surface area contributed by atoms with Crippen LogP contribution < -0.4 is 15.2 Å². The van der Waals surface area contributed by atoms with Gasteiger partial charge in [-0.25, -0.2) is 0 Å². The number of methoxy groups -OCH3 is 1. The van der Waals surface area contributed by atoms with Crippen molar-refractivity contribution in [3.8, 4) is 11.5 Å². The second-order valence-corrected chi connectivity index (χ2v) is 5.13. The molecule has 0 aliphatic carbocycles. The first-order valence-corrected chi connectivity index (χ1v) is 6.71. The molecule has 0 aromatic heterocycles. The minimum atomic E-state index is 0.475. The summed E-state index contributed by atoms with van der Waals surface area (Å²) in [5.74, 6) is 1.65. The first kappa shape index (κ1) is 13.7. The highest BCUT2D eigenvalue weighted by molar-refractivity contribution is 9.10. The fraction of sp³-hybridized carbons (Fsp3) is 0.200. The standard InChI is InChI=1S/C15H16BrNO2/c1-10-7-12(17)3-6-15(10)19-9-11-8-13(18-2)4-5-14(11)16/h3-8H,9,17H2,1-2H3. The Morgan fingerprint density at radius 3 is 2.63 bits per heavy atom. The Labute approximate surface area is 121 Å². The first-order chi connectivity index (χ1) is 9.10. The van der Waals surface area contributed by atoms with Crippen LogP contribution in [0, 0.1) is 6.92 Å². The van der Waals surface area contributed by atoms with Crippen LogP contribution in [-0.4, -0.2) is 7.11 Å². The normalized spacial score (nSPS) is 10.3. The molecule has 0 saturated heterocycles. The Morgan fingerprint density at radius 1 is 1.16 bits per heavy atom. The van der Waals surface area contributed by atoms with Crippen molar-refractivity contribution in [2.24, 2.45) is 0 Å². The van der Waals surface area contributed by atoms with Crippen molar-refractivity contribution < 1.29 is 9.47 Å². The fourth-order valence-electron chi connectivity index (χ4n) is 1.78. The summed E-state index contributed by atoms with van der Waals surface area (Å²) in [6, 6.07) is 11.4. The number of hydrogen-bond donors (Lipinski definition) is 1. The zero-order chi connectivity index (χ0) is 13.8. The van der Waals surface area contributed by atoms with E-state index in [4.69, 9.17) is 15.2 Å². The molecule has 0 amide bonds. The van der Waals surface area contributed by atoms with Crippen LogP contribution in [0.15, 0.2) is 40.9 Å². The molecular weight excluding hydrogens is 306 g/mol. The number of hydrogen-bond acceptors (Lipinski definition) is 3. The number of aryl methyl sites for hydroxylation is 1. The van der Waals surface area contributed by atoms with Crippen LogP contribution in [-0.2, 0) is 6.61 Å². The van der Waals surface area contributed by atoms with Crippen molar-refractivity contribution in [1.82, 2.24) is 0 Å². The molecular formula is C15H16BrNO2. The summed E-state index contributed by atoms with van der Waals surface area (Å²) in [7, 11) is 1.65. The van der Waals surface area contributed by atoms with Crippen LogP contribution in [0.5, 0.6) is 11.5 Å². The third-order valence-corrected chi connectivity index (χ3v) is 3.61. The lowest BCUT2D eigenvalue weighted by atomic mass is 10.2. The van der Waals surface area contributed by atoms with Gasteiger partial charge in [0.2, 0.25) is 0 Å². The van der Waals surface area contributed by atoms with Gasteiger partial charge in [0.1, 0.15) is 18.1 Å². The van der Waals surface area contributed by atoms with Crippen LogP contribution in [0.25, 0.3) is 0 Å². The second-order valence-electron chi connectivity index (χ2n) is 4.27. The summed E-state index contributed by atoms with van der Waals surface area (Å²) in [6.07, 6.45) is 0. The van der Waals surface area contributed by atoms with Crippen molar-refractivity contribution in [2.75, 3.05) is 12.8 Å². The lowest BCUT2D eigenvalue weighted by molar-refractivity contribution is 0.302. The van der Waals surface area contributed by atoms with Gasteiger partial charge in [-0.15, -0.1) is 0 Å². The van der Waals surface area contributed by atoms with E-state index in [1.165, 1.54) is 0 Å². The molecule has 2 N–H and O–H groups in total. The molecule has 2 aromatic carbocycles. The smallest absolute Gasteiger partial charge is 0.122 e. The van der Waals surface area contributed by atoms with Gasteiger partial charge in [-0.05, 0) is 48.9 Å². The minimum Gasteiger partial charge on any atom is -0.497 e. The molecule has 0 aliphatic rings. The van der Waals surface area contributed by atoms with E-state index in [0.717, 1.165) is 32.8 Å². The number of nitrogens with two attached hydrogens (primary N) is 1. The lowest BCUT2D eigenvalue weighted by Crippen LogP contribution is -1.99. The maximum Gasteiger partial charge on any atom is 0.122 e. The van der Waals surface area contributed by atoms with E-state index < -0.39 is 0 Å². The zero-order valence-corrected chi connectivity index (χ0v) is 12.5. The number of benzene rings is 2. The van der Waals surface area contributed by atoms with Gasteiger partial charge in [0.05, 0.1) is 7.11 Å². The molecule has 0 radical (unpaired) electrons. The zero-order valence-electron chi connectivity index (χ0n) is 10.9. The quantitative estimate of drug-likeness (QED) is 0.868. The summed E-state index contributed by atoms with van der Waals surface area (Å²) in [4.78, 5) is 0. The van der Waals surface area contributed by atoms with Crippen LogP contribution in [0.1, 0.15) is 11.1 Å². The first-order valence-electron chi connectivity index (χ1n) is 5.91. The molecule has 2 rings (SSSR count). The van der Waals surface area contributed by atoms with Gasteiger partial charge in [0.15, 0.2) is 0 Å². The molecule has 0 saturated carbocycles. The van der Waals surface area contributed by atoms with Crippen LogP contribution in [0.3, 0.4) is 0 Å². The third-order valence-electron chi connectivity index (χ3n) is 2.84. The van der Waals surface area contributed by atoms with Crippen molar-refractivity contribution in [2.45, 2.75) is 13.5 Å². The summed E-state index contributed by atoms with van der Waals surface area (Å²) in [6.45, 7) is 2.45. The molecule has 0 aliphatic heterocycles. The highest BCUT2D eigenvalue weighted by Crippen LogP contribution is 2.26. The Kier molecular flexibility index (Phi) is 4.32. The van der Waals surface area contributed by atoms with Gasteiger partial charge >= 0.3 is 0 Å². The molecule has 2 aromatic rings. The Morgan fingerprint density at radius 2 is 1.95 bits per heavy atom. The van der Waals surface area contributed by atoms with E-state index in [1.807, 2.05) is 43.3 Å². The molecule has 0 unspecified atom stereocenters. The molecule has 19 heavy (non-hydrogen) atoms. The largest absolute Gasteiger partial charge is 0.497 e. The van der Waals surface area contributed by atoms with E-state index >= 15 is 0 Å². The van der Waals surface area contributed by atoms with E-state index in [2.05, 4.69) is 15.9 Å². The third kappa shape index (κ3) is 3.41.